The summed E-state index contributed by atoms with van der Waals surface area (Å²) >= 11 is 1.24. The van der Waals surface area contributed by atoms with Crippen LogP contribution in [0.3, 0.4) is 0 Å². The number of hydrogen-bond donors (Lipinski definition) is 2. The number of carbonyl (C=O) groups is 3. The number of nitrogens with one attached hydrogen (secondary N) is 2. The molecule has 2 N–H and O–H groups in total. The third-order valence-corrected chi connectivity index (χ3v) is 8.57. The van der Waals surface area contributed by atoms with Crippen molar-refractivity contribution in [1.82, 2.24) is 5.32 Å². The molecule has 1 aromatic rings. The second-order valence-electron chi connectivity index (χ2n) is 9.43. The van der Waals surface area contributed by atoms with Crippen LogP contribution in [0.25, 0.3) is 0 Å². The van der Waals surface area contributed by atoms with Crippen molar-refractivity contribution in [3.05, 3.63) is 29.8 Å². The number of fused-ring (bicyclic) bond motifs is 2. The predicted octanol–water partition coefficient (Wildman–Crippen LogP) is 4.01. The number of benzene rings is 1. The van der Waals surface area contributed by atoms with Crippen LogP contribution in [0.15, 0.2) is 34.5 Å². The van der Waals surface area contributed by atoms with Crippen molar-refractivity contribution in [2.75, 3.05) is 5.32 Å². The van der Waals surface area contributed by atoms with E-state index in [1.807, 2.05) is 0 Å². The van der Waals surface area contributed by atoms with E-state index in [1.165, 1.54) is 25.1 Å². The molecule has 2 amide bonds. The van der Waals surface area contributed by atoms with Gasteiger partial charge in [-0.15, -0.1) is 5.10 Å². The van der Waals surface area contributed by atoms with Crippen LogP contribution < -0.4 is 10.6 Å². The average Bonchev–Trinajstić information content (AvgIpc) is 3.23. The molecule has 3 aliphatic rings. The Morgan fingerprint density at radius 1 is 1.19 bits per heavy atom. The highest BCUT2D eigenvalue weighted by Crippen LogP contribution is 2.64. The van der Waals surface area contributed by atoms with E-state index in [-0.39, 0.29) is 34.8 Å². The molecular formula is C23H28N4O3S. The van der Waals surface area contributed by atoms with Crippen LogP contribution in [0.5, 0.6) is 0 Å². The average molecular weight is 441 g/mol. The summed E-state index contributed by atoms with van der Waals surface area (Å²) in [5, 5.41) is 14.3. The second-order valence-corrected chi connectivity index (χ2v) is 10.6. The second kappa shape index (κ2) is 7.89. The Morgan fingerprint density at radius 2 is 1.90 bits per heavy atom. The summed E-state index contributed by atoms with van der Waals surface area (Å²) in [5.74, 6) is 0.113. The van der Waals surface area contributed by atoms with Gasteiger partial charge >= 0.3 is 0 Å². The zero-order valence-corrected chi connectivity index (χ0v) is 19.1. The van der Waals surface area contributed by atoms with E-state index < -0.39 is 5.25 Å². The highest BCUT2D eigenvalue weighted by Gasteiger charge is 2.60. The first-order valence-electron chi connectivity index (χ1n) is 10.6. The molecule has 8 heteroatoms. The zero-order valence-electron chi connectivity index (χ0n) is 18.3. The van der Waals surface area contributed by atoms with Gasteiger partial charge in [0.2, 0.25) is 11.8 Å². The van der Waals surface area contributed by atoms with E-state index in [0.29, 0.717) is 22.3 Å². The van der Waals surface area contributed by atoms with Crippen molar-refractivity contribution in [1.29, 1.82) is 0 Å². The molecule has 3 fully saturated rings. The molecule has 3 atom stereocenters. The van der Waals surface area contributed by atoms with E-state index in [9.17, 15) is 14.4 Å². The van der Waals surface area contributed by atoms with E-state index in [0.717, 1.165) is 18.6 Å². The fourth-order valence-corrected chi connectivity index (χ4v) is 5.86. The third kappa shape index (κ3) is 3.93. The first-order chi connectivity index (χ1) is 14.6. The lowest BCUT2D eigenvalue weighted by Crippen LogP contribution is -2.32. The van der Waals surface area contributed by atoms with E-state index in [2.05, 4.69) is 41.6 Å². The van der Waals surface area contributed by atoms with Gasteiger partial charge in [0, 0.05) is 28.8 Å². The Morgan fingerprint density at radius 3 is 2.48 bits per heavy atom. The van der Waals surface area contributed by atoms with Crippen LogP contribution >= 0.6 is 11.8 Å². The number of ketones is 1. The van der Waals surface area contributed by atoms with Crippen LogP contribution in [-0.2, 0) is 9.59 Å². The summed E-state index contributed by atoms with van der Waals surface area (Å²) in [6.07, 6.45) is 3.36. The number of hydrogen-bond acceptors (Lipinski definition) is 6. The van der Waals surface area contributed by atoms with Gasteiger partial charge in [-0.1, -0.05) is 32.5 Å². The van der Waals surface area contributed by atoms with Crippen molar-refractivity contribution < 1.29 is 14.4 Å². The minimum atomic E-state index is -0.539. The van der Waals surface area contributed by atoms with Gasteiger partial charge in [0.25, 0.3) is 0 Å². The SMILES string of the molecule is CC(=O)c1ccc(NC(=O)CC2SC(=NN=C3CC4CCC3(C)C4(C)C)NC2=O)cc1. The van der Waals surface area contributed by atoms with Crippen molar-refractivity contribution in [3.63, 3.8) is 0 Å². The van der Waals surface area contributed by atoms with E-state index >= 15 is 0 Å². The largest absolute Gasteiger partial charge is 0.326 e. The molecular weight excluding hydrogens is 412 g/mol. The van der Waals surface area contributed by atoms with Gasteiger partial charge in [0.15, 0.2) is 11.0 Å². The van der Waals surface area contributed by atoms with Crippen LogP contribution in [0.1, 0.15) is 63.7 Å². The van der Waals surface area contributed by atoms with Gasteiger partial charge in [-0.05, 0) is 61.8 Å². The molecule has 164 valence electrons. The molecule has 1 saturated heterocycles. The van der Waals surface area contributed by atoms with Crippen LogP contribution in [-0.4, -0.2) is 33.7 Å². The van der Waals surface area contributed by atoms with Crippen LogP contribution in [0, 0.1) is 16.7 Å². The normalized spacial score (nSPS) is 31.3. The predicted molar refractivity (Wildman–Crippen MR) is 123 cm³/mol. The van der Waals surface area contributed by atoms with Crippen LogP contribution in [0.4, 0.5) is 5.69 Å². The molecule has 1 aromatic carbocycles. The Bertz CT molecular complexity index is 999. The molecule has 0 aromatic heterocycles. The maximum absolute atomic E-state index is 12.4. The summed E-state index contributed by atoms with van der Waals surface area (Å²) < 4.78 is 0. The molecule has 2 bridgehead atoms. The van der Waals surface area contributed by atoms with Crippen molar-refractivity contribution in [3.8, 4) is 0 Å². The highest BCUT2D eigenvalue weighted by atomic mass is 32.2. The Labute approximate surface area is 186 Å². The number of amides is 2. The maximum atomic E-state index is 12.4. The number of carbonyl (C=O) groups excluding carboxylic acids is 3. The number of thioether (sulfide) groups is 1. The van der Waals surface area contributed by atoms with Gasteiger partial charge in [-0.2, -0.15) is 5.10 Å². The van der Waals surface area contributed by atoms with Gasteiger partial charge < -0.3 is 10.6 Å². The van der Waals surface area contributed by atoms with E-state index in [1.54, 1.807) is 24.3 Å². The molecule has 3 unspecified atom stereocenters. The number of amidine groups is 1. The maximum Gasteiger partial charge on any atom is 0.240 e. The minimum absolute atomic E-state index is 0.0321. The highest BCUT2D eigenvalue weighted by molar-refractivity contribution is 8.15. The first-order valence-corrected chi connectivity index (χ1v) is 11.5. The zero-order chi connectivity index (χ0) is 22.4. The summed E-state index contributed by atoms with van der Waals surface area (Å²) in [7, 11) is 0. The summed E-state index contributed by atoms with van der Waals surface area (Å²) in [4.78, 5) is 36.0. The number of rotatable bonds is 5. The quantitative estimate of drug-likeness (QED) is 0.534. The van der Waals surface area contributed by atoms with Gasteiger partial charge in [-0.3, -0.25) is 14.4 Å². The Hall–Kier alpha value is -2.48. The lowest BCUT2D eigenvalue weighted by Gasteiger charge is -2.34. The molecule has 0 spiro atoms. The van der Waals surface area contributed by atoms with Crippen LogP contribution in [0.2, 0.25) is 0 Å². The standard InChI is InChI=1S/C23H28N4O3S/c1-13(28)14-5-7-16(8-6-14)24-19(29)12-17-20(30)25-21(31-17)27-26-18-11-15-9-10-23(18,4)22(15,2)3/h5-8,15,17H,9-12H2,1-4H3,(H,24,29)(H,25,27,30). The third-order valence-electron chi connectivity index (χ3n) is 7.50. The number of anilines is 1. The Kier molecular flexibility index (Phi) is 5.54. The van der Waals surface area contributed by atoms with Crippen molar-refractivity contribution in [2.45, 2.75) is 58.6 Å². The number of Topliss-reactive ketones (excluding diaryl/α,β-unsaturated/α-hetero) is 1. The molecule has 4 rings (SSSR count). The lowest BCUT2D eigenvalue weighted by atomic mass is 9.70. The smallest absolute Gasteiger partial charge is 0.240 e. The summed E-state index contributed by atoms with van der Waals surface area (Å²) in [6, 6.07) is 6.68. The van der Waals surface area contributed by atoms with Gasteiger partial charge in [0.05, 0.1) is 0 Å². The number of nitrogens with zero attached hydrogens (tertiary/aromatic N) is 2. The van der Waals surface area contributed by atoms with E-state index in [4.69, 9.17) is 0 Å². The molecule has 1 aliphatic heterocycles. The fourth-order valence-electron chi connectivity index (χ4n) is 4.94. The molecule has 31 heavy (non-hydrogen) atoms. The topological polar surface area (TPSA) is 100.0 Å². The minimum Gasteiger partial charge on any atom is -0.326 e. The van der Waals surface area contributed by atoms with Gasteiger partial charge in [-0.25, -0.2) is 0 Å². The van der Waals surface area contributed by atoms with Crippen molar-refractivity contribution in [2.24, 2.45) is 27.0 Å². The molecule has 2 aliphatic carbocycles. The Balaban J connectivity index is 1.36. The molecule has 0 radical (unpaired) electrons. The molecule has 7 nitrogen and oxygen atoms in total. The molecule has 2 saturated carbocycles. The van der Waals surface area contributed by atoms with Crippen molar-refractivity contribution >= 4 is 45.9 Å². The summed E-state index contributed by atoms with van der Waals surface area (Å²) in [5.41, 5.74) is 2.57. The first kappa shape index (κ1) is 21.7. The molecule has 1 heterocycles. The summed E-state index contributed by atoms with van der Waals surface area (Å²) in [6.45, 7) is 8.39. The lowest BCUT2D eigenvalue weighted by molar-refractivity contribution is -0.122. The monoisotopic (exact) mass is 440 g/mol. The fraction of sp³-hybridized carbons (Fsp3) is 0.522. The van der Waals surface area contributed by atoms with Gasteiger partial charge in [0.1, 0.15) is 5.25 Å².